The Balaban J connectivity index is 1.20. The van der Waals surface area contributed by atoms with Gasteiger partial charge >= 0.3 is 5.97 Å². The van der Waals surface area contributed by atoms with E-state index in [0.717, 1.165) is 63.1 Å². The Morgan fingerprint density at radius 2 is 1.34 bits per heavy atom. The fourth-order valence-corrected chi connectivity index (χ4v) is 9.69. The predicted molar refractivity (Wildman–Crippen MR) is 231 cm³/mol. The lowest BCUT2D eigenvalue weighted by Crippen LogP contribution is -2.47. The quantitative estimate of drug-likeness (QED) is 0.102. The molecule has 0 unspecified atom stereocenters. The van der Waals surface area contributed by atoms with Crippen LogP contribution < -0.4 is 4.72 Å². The number of carbonyl (C=O) groups is 2. The Labute approximate surface area is 345 Å². The van der Waals surface area contributed by atoms with Crippen LogP contribution >= 0.6 is 11.6 Å². The van der Waals surface area contributed by atoms with Gasteiger partial charge in [-0.3, -0.25) is 9.69 Å². The van der Waals surface area contributed by atoms with E-state index < -0.39 is 16.0 Å². The first-order valence-electron chi connectivity index (χ1n) is 19.8. The SMILES string of the molecule is CC(=O)N1CCN(Cc2ccccc2CS(=O)(=O)NCCc2c(CCCc3ccccc3C(=O)O)c3cc(Cl)ccc3n2C(c2ccccc2)c2ccccc2)CC1. The summed E-state index contributed by atoms with van der Waals surface area (Å²) in [6, 6.07) is 41.1. The average molecular weight is 817 g/mol. The summed E-state index contributed by atoms with van der Waals surface area (Å²) in [5.41, 5.74) is 8.01. The molecule has 0 aliphatic carbocycles. The number of hydrogen-bond acceptors (Lipinski definition) is 5. The van der Waals surface area contributed by atoms with Crippen molar-refractivity contribution in [2.75, 3.05) is 32.7 Å². The van der Waals surface area contributed by atoms with Gasteiger partial charge in [0.05, 0.1) is 17.4 Å². The van der Waals surface area contributed by atoms with Crippen LogP contribution in [0.25, 0.3) is 10.9 Å². The molecule has 1 amide bonds. The van der Waals surface area contributed by atoms with Crippen LogP contribution in [0, 0.1) is 0 Å². The summed E-state index contributed by atoms with van der Waals surface area (Å²) < 4.78 is 33.1. The second-order valence-corrected chi connectivity index (χ2v) is 17.2. The minimum Gasteiger partial charge on any atom is -0.478 e. The molecule has 5 aromatic carbocycles. The highest BCUT2D eigenvalue weighted by atomic mass is 35.5. The summed E-state index contributed by atoms with van der Waals surface area (Å²) in [5.74, 6) is -1.02. The van der Waals surface area contributed by atoms with Crippen molar-refractivity contribution >= 4 is 44.4 Å². The number of benzene rings is 5. The summed E-state index contributed by atoms with van der Waals surface area (Å²) in [6.07, 6.45) is 2.28. The van der Waals surface area contributed by atoms with E-state index in [1.807, 2.05) is 95.9 Å². The zero-order chi connectivity index (χ0) is 40.6. The normalized spacial score (nSPS) is 13.7. The molecule has 9 nitrogen and oxygen atoms in total. The highest BCUT2D eigenvalue weighted by Gasteiger charge is 2.27. The Bertz CT molecular complexity index is 2440. The van der Waals surface area contributed by atoms with E-state index >= 15 is 0 Å². The number of rotatable bonds is 16. The number of fused-ring (bicyclic) bond motifs is 1. The van der Waals surface area contributed by atoms with Gasteiger partial charge in [0.25, 0.3) is 0 Å². The van der Waals surface area contributed by atoms with Crippen LogP contribution in [0.1, 0.15) is 68.8 Å². The van der Waals surface area contributed by atoms with Crippen LogP contribution in [0.5, 0.6) is 0 Å². The zero-order valence-electron chi connectivity index (χ0n) is 32.7. The minimum absolute atomic E-state index is 0.0747. The third-order valence-corrected chi connectivity index (χ3v) is 12.7. The van der Waals surface area contributed by atoms with Crippen molar-refractivity contribution < 1.29 is 23.1 Å². The van der Waals surface area contributed by atoms with E-state index in [-0.39, 0.29) is 24.2 Å². The number of amides is 1. The number of piperazine rings is 1. The second-order valence-electron chi connectivity index (χ2n) is 15.0. The molecular formula is C47H49ClN4O5S. The van der Waals surface area contributed by atoms with Crippen molar-refractivity contribution in [3.63, 3.8) is 0 Å². The molecule has 300 valence electrons. The molecular weight excluding hydrogens is 768 g/mol. The molecule has 0 radical (unpaired) electrons. The molecule has 6 aromatic rings. The van der Waals surface area contributed by atoms with Gasteiger partial charge in [-0.15, -0.1) is 0 Å². The lowest BCUT2D eigenvalue weighted by atomic mass is 9.96. The molecule has 1 fully saturated rings. The Morgan fingerprint density at radius 3 is 1.98 bits per heavy atom. The summed E-state index contributed by atoms with van der Waals surface area (Å²) in [6.45, 7) is 5.17. The van der Waals surface area contributed by atoms with Crippen LogP contribution in [0.2, 0.25) is 5.02 Å². The lowest BCUT2D eigenvalue weighted by Gasteiger charge is -2.34. The maximum atomic E-state index is 13.9. The molecule has 0 bridgehead atoms. The van der Waals surface area contributed by atoms with Gasteiger partial charge in [0.2, 0.25) is 15.9 Å². The van der Waals surface area contributed by atoms with Gasteiger partial charge in [-0.2, -0.15) is 0 Å². The van der Waals surface area contributed by atoms with Crippen LogP contribution in [0.4, 0.5) is 0 Å². The molecule has 58 heavy (non-hydrogen) atoms. The Morgan fingerprint density at radius 1 is 0.741 bits per heavy atom. The molecule has 1 aliphatic rings. The number of nitrogens with zero attached hydrogens (tertiary/aromatic N) is 3. The third kappa shape index (κ3) is 9.70. The maximum absolute atomic E-state index is 13.9. The lowest BCUT2D eigenvalue weighted by molar-refractivity contribution is -0.130. The molecule has 0 saturated carbocycles. The number of sulfonamides is 1. The first-order valence-corrected chi connectivity index (χ1v) is 21.9. The van der Waals surface area contributed by atoms with Gasteiger partial charge in [-0.05, 0) is 76.9 Å². The number of halogens is 1. The van der Waals surface area contributed by atoms with E-state index in [2.05, 4.69) is 38.5 Å². The van der Waals surface area contributed by atoms with Crippen molar-refractivity contribution in [3.05, 3.63) is 177 Å². The van der Waals surface area contributed by atoms with E-state index in [1.165, 1.54) is 0 Å². The Hall–Kier alpha value is -5.26. The molecule has 0 atom stereocenters. The largest absolute Gasteiger partial charge is 0.478 e. The van der Waals surface area contributed by atoms with Crippen LogP contribution in [-0.4, -0.2) is 72.5 Å². The van der Waals surface area contributed by atoms with Crippen molar-refractivity contribution in [2.24, 2.45) is 0 Å². The predicted octanol–water partition coefficient (Wildman–Crippen LogP) is 8.13. The summed E-state index contributed by atoms with van der Waals surface area (Å²) >= 11 is 6.70. The molecule has 7 rings (SSSR count). The second kappa shape index (κ2) is 18.6. The van der Waals surface area contributed by atoms with Crippen molar-refractivity contribution in [1.82, 2.24) is 19.1 Å². The van der Waals surface area contributed by atoms with E-state index in [9.17, 15) is 23.1 Å². The number of aromatic carboxylic acids is 1. The van der Waals surface area contributed by atoms with Crippen molar-refractivity contribution in [1.29, 1.82) is 0 Å². The topological polar surface area (TPSA) is 112 Å². The van der Waals surface area contributed by atoms with Gasteiger partial charge in [-0.25, -0.2) is 17.9 Å². The van der Waals surface area contributed by atoms with Gasteiger partial charge < -0.3 is 14.6 Å². The van der Waals surface area contributed by atoms with Gasteiger partial charge in [0, 0.05) is 74.2 Å². The van der Waals surface area contributed by atoms with Crippen LogP contribution in [-0.2, 0) is 46.4 Å². The summed E-state index contributed by atoms with van der Waals surface area (Å²) in [5, 5.41) is 11.5. The Kier molecular flexibility index (Phi) is 13.1. The zero-order valence-corrected chi connectivity index (χ0v) is 34.3. The summed E-state index contributed by atoms with van der Waals surface area (Å²) in [7, 11) is -3.75. The number of aromatic nitrogens is 1. The number of hydrogen-bond donors (Lipinski definition) is 2. The molecule has 1 saturated heterocycles. The molecule has 1 aliphatic heterocycles. The number of nitrogens with one attached hydrogen (secondary N) is 1. The summed E-state index contributed by atoms with van der Waals surface area (Å²) in [4.78, 5) is 28.0. The van der Waals surface area contributed by atoms with Crippen molar-refractivity contribution in [2.45, 2.75) is 50.9 Å². The number of aryl methyl sites for hydroxylation is 2. The highest BCUT2D eigenvalue weighted by molar-refractivity contribution is 7.88. The molecule has 11 heteroatoms. The van der Waals surface area contributed by atoms with Gasteiger partial charge in [-0.1, -0.05) is 115 Å². The smallest absolute Gasteiger partial charge is 0.335 e. The maximum Gasteiger partial charge on any atom is 0.335 e. The molecule has 0 spiro atoms. The first kappa shape index (κ1) is 40.9. The molecule has 2 N–H and O–H groups in total. The first-order chi connectivity index (χ1) is 28.1. The van der Waals surface area contributed by atoms with Crippen molar-refractivity contribution in [3.8, 4) is 0 Å². The monoisotopic (exact) mass is 816 g/mol. The number of carbonyl (C=O) groups excluding carboxylic acids is 1. The number of carboxylic acids is 1. The molecule has 1 aromatic heterocycles. The standard InChI is InChI=1S/C47H49ClN4O5S/c1-34(53)51-29-27-50(28-30-51)32-38-18-8-9-19-39(38)33-58(56,57)49-26-25-45-42(22-12-20-35-13-10-11-21-41(35)47(54)55)43-31-40(48)23-24-44(43)52(45)46(36-14-4-2-5-15-36)37-16-6-3-7-17-37/h2-11,13-19,21,23-24,31,46,49H,12,20,22,25-30,32-33H2,1H3,(H,54,55). The molecule has 2 heterocycles. The van der Waals surface area contributed by atoms with E-state index in [0.29, 0.717) is 55.9 Å². The van der Waals surface area contributed by atoms with E-state index in [4.69, 9.17) is 11.6 Å². The van der Waals surface area contributed by atoms with Gasteiger partial charge in [0.15, 0.2) is 0 Å². The van der Waals surface area contributed by atoms with Crippen LogP contribution in [0.3, 0.4) is 0 Å². The average Bonchev–Trinajstić information content (AvgIpc) is 3.50. The van der Waals surface area contributed by atoms with Crippen LogP contribution in [0.15, 0.2) is 127 Å². The number of carboxylic acid groups (broad SMARTS) is 1. The fourth-order valence-electron chi connectivity index (χ4n) is 8.31. The van der Waals surface area contributed by atoms with E-state index in [1.54, 1.807) is 19.1 Å². The highest BCUT2D eigenvalue weighted by Crippen LogP contribution is 2.38. The fraction of sp³-hybridized carbons (Fsp3) is 0.277. The third-order valence-electron chi connectivity index (χ3n) is 11.2. The minimum atomic E-state index is -3.75. The van der Waals surface area contributed by atoms with Gasteiger partial charge in [0.1, 0.15) is 0 Å².